The van der Waals surface area contributed by atoms with Gasteiger partial charge in [0.2, 0.25) is 10.0 Å². The topological polar surface area (TPSA) is 96.0 Å². The highest BCUT2D eigenvalue weighted by atomic mass is 32.2. The van der Waals surface area contributed by atoms with E-state index >= 15 is 0 Å². The molecule has 0 spiro atoms. The van der Waals surface area contributed by atoms with Crippen molar-refractivity contribution in [3.8, 4) is 5.75 Å². The first-order valence-electron chi connectivity index (χ1n) is 12.3. The summed E-state index contributed by atoms with van der Waals surface area (Å²) in [5.41, 5.74) is 2.62. The molecule has 0 saturated carbocycles. The molecule has 1 unspecified atom stereocenters. The van der Waals surface area contributed by atoms with E-state index in [2.05, 4.69) is 5.32 Å². The number of nitrogens with one attached hydrogen (secondary N) is 1. The Hall–Kier alpha value is -3.69. The molecule has 8 nitrogen and oxygen atoms in total. The Morgan fingerprint density at radius 2 is 1.68 bits per heavy atom. The molecule has 0 fully saturated rings. The van der Waals surface area contributed by atoms with E-state index in [1.807, 2.05) is 30.3 Å². The minimum Gasteiger partial charge on any atom is -0.479 e. The quantitative estimate of drug-likeness (QED) is 0.452. The van der Waals surface area contributed by atoms with E-state index in [1.54, 1.807) is 43.9 Å². The van der Waals surface area contributed by atoms with Crippen LogP contribution in [0.3, 0.4) is 0 Å². The first-order valence-corrected chi connectivity index (χ1v) is 13.8. The summed E-state index contributed by atoms with van der Waals surface area (Å²) in [6.07, 6.45) is 0.0616. The van der Waals surface area contributed by atoms with Gasteiger partial charge in [-0.3, -0.25) is 9.59 Å². The van der Waals surface area contributed by atoms with E-state index in [1.165, 1.54) is 28.6 Å². The molecule has 3 aromatic carbocycles. The van der Waals surface area contributed by atoms with Crippen LogP contribution in [0, 0.1) is 0 Å². The maximum atomic E-state index is 12.9. The number of anilines is 2. The van der Waals surface area contributed by atoms with Gasteiger partial charge < -0.3 is 15.0 Å². The molecule has 1 heterocycles. The molecular weight excluding hydrogens is 490 g/mol. The number of sulfonamides is 1. The monoisotopic (exact) mass is 521 g/mol. The fourth-order valence-corrected chi connectivity index (χ4v) is 5.76. The van der Waals surface area contributed by atoms with Crippen LogP contribution in [-0.4, -0.2) is 50.3 Å². The Bertz CT molecular complexity index is 1370. The van der Waals surface area contributed by atoms with Crippen LogP contribution in [0.1, 0.15) is 36.7 Å². The predicted molar refractivity (Wildman–Crippen MR) is 144 cm³/mol. The molecule has 0 saturated heterocycles. The van der Waals surface area contributed by atoms with Crippen LogP contribution in [0.4, 0.5) is 11.4 Å². The van der Waals surface area contributed by atoms with Crippen molar-refractivity contribution in [3.63, 3.8) is 0 Å². The van der Waals surface area contributed by atoms with E-state index < -0.39 is 16.1 Å². The molecule has 2 amide bonds. The van der Waals surface area contributed by atoms with Crippen LogP contribution in [-0.2, 0) is 21.2 Å². The molecule has 0 bridgehead atoms. The Morgan fingerprint density at radius 3 is 2.32 bits per heavy atom. The molecular formula is C28H31N3O5S. The van der Waals surface area contributed by atoms with Gasteiger partial charge in [0, 0.05) is 37.0 Å². The van der Waals surface area contributed by atoms with Gasteiger partial charge in [0.25, 0.3) is 11.8 Å². The third-order valence-electron chi connectivity index (χ3n) is 6.35. The highest BCUT2D eigenvalue weighted by molar-refractivity contribution is 7.89. The molecule has 37 heavy (non-hydrogen) atoms. The molecule has 4 rings (SSSR count). The summed E-state index contributed by atoms with van der Waals surface area (Å²) < 4.78 is 32.6. The summed E-state index contributed by atoms with van der Waals surface area (Å²) >= 11 is 0. The number of hydrogen-bond donors (Lipinski definition) is 1. The largest absolute Gasteiger partial charge is 0.479 e. The van der Waals surface area contributed by atoms with Crippen LogP contribution in [0.5, 0.6) is 5.75 Å². The molecule has 0 aliphatic carbocycles. The normalized spacial score (nSPS) is 15.3. The Labute approximate surface area is 217 Å². The summed E-state index contributed by atoms with van der Waals surface area (Å²) in [6.45, 7) is 6.53. The van der Waals surface area contributed by atoms with E-state index in [9.17, 15) is 18.0 Å². The number of nitrogens with zero attached hydrogens (tertiary/aromatic N) is 2. The highest BCUT2D eigenvalue weighted by Crippen LogP contribution is 2.36. The summed E-state index contributed by atoms with van der Waals surface area (Å²) in [5.74, 6) is 0.0196. The molecule has 1 aliphatic rings. The van der Waals surface area contributed by atoms with Gasteiger partial charge in [0.1, 0.15) is 5.75 Å². The van der Waals surface area contributed by atoms with E-state index in [0.717, 1.165) is 5.56 Å². The average Bonchev–Trinajstić information content (AvgIpc) is 2.90. The fraction of sp³-hybridized carbons (Fsp3) is 0.286. The van der Waals surface area contributed by atoms with Crippen molar-refractivity contribution < 1.29 is 22.7 Å². The van der Waals surface area contributed by atoms with Crippen molar-refractivity contribution in [3.05, 3.63) is 83.9 Å². The van der Waals surface area contributed by atoms with Gasteiger partial charge in [0.15, 0.2) is 6.10 Å². The number of fused-ring (bicyclic) bond motifs is 1. The lowest BCUT2D eigenvalue weighted by Crippen LogP contribution is -2.45. The zero-order valence-electron chi connectivity index (χ0n) is 21.2. The minimum absolute atomic E-state index is 0.111. The van der Waals surface area contributed by atoms with Crippen molar-refractivity contribution in [2.75, 3.05) is 29.9 Å². The van der Waals surface area contributed by atoms with Crippen molar-refractivity contribution in [2.24, 2.45) is 0 Å². The molecule has 9 heteroatoms. The molecule has 0 aromatic heterocycles. The van der Waals surface area contributed by atoms with Crippen molar-refractivity contribution in [2.45, 2.75) is 38.2 Å². The zero-order chi connectivity index (χ0) is 26.6. The van der Waals surface area contributed by atoms with Crippen molar-refractivity contribution >= 4 is 33.2 Å². The molecule has 194 valence electrons. The van der Waals surface area contributed by atoms with Crippen LogP contribution < -0.4 is 15.0 Å². The summed E-state index contributed by atoms with van der Waals surface area (Å²) in [5, 5.41) is 2.83. The van der Waals surface area contributed by atoms with Crippen molar-refractivity contribution in [1.82, 2.24) is 4.31 Å². The van der Waals surface area contributed by atoms with E-state index in [4.69, 9.17) is 4.74 Å². The van der Waals surface area contributed by atoms with Crippen LogP contribution in [0.15, 0.2) is 77.7 Å². The third kappa shape index (κ3) is 5.68. The van der Waals surface area contributed by atoms with Gasteiger partial charge in [-0.15, -0.1) is 0 Å². The molecule has 3 aromatic rings. The lowest BCUT2D eigenvalue weighted by atomic mass is 10.1. The zero-order valence-corrected chi connectivity index (χ0v) is 22.0. The maximum absolute atomic E-state index is 12.9. The third-order valence-corrected chi connectivity index (χ3v) is 8.42. The van der Waals surface area contributed by atoms with Gasteiger partial charge in [-0.1, -0.05) is 44.2 Å². The lowest BCUT2D eigenvalue weighted by Gasteiger charge is -2.33. The van der Waals surface area contributed by atoms with Crippen LogP contribution in [0.25, 0.3) is 0 Å². The van der Waals surface area contributed by atoms with Gasteiger partial charge in [-0.2, -0.15) is 4.31 Å². The molecule has 1 aliphatic heterocycles. The summed E-state index contributed by atoms with van der Waals surface area (Å²) in [7, 11) is -3.60. The molecule has 0 radical (unpaired) electrons. The predicted octanol–water partition coefficient (Wildman–Crippen LogP) is 4.33. The molecule has 1 N–H and O–H groups in total. The van der Waals surface area contributed by atoms with Gasteiger partial charge >= 0.3 is 0 Å². The van der Waals surface area contributed by atoms with E-state index in [0.29, 0.717) is 48.7 Å². The Balaban J connectivity index is 1.49. The van der Waals surface area contributed by atoms with Crippen LogP contribution in [0.2, 0.25) is 0 Å². The first kappa shape index (κ1) is 26.4. The number of carbonyl (C=O) groups is 2. The average molecular weight is 522 g/mol. The second-order valence-corrected chi connectivity index (χ2v) is 10.7. The maximum Gasteiger partial charge on any atom is 0.267 e. The smallest absolute Gasteiger partial charge is 0.267 e. The standard InChI is InChI=1S/C28H31N3O5S/c1-4-30(5-2)37(34,35)24-14-11-22(12-15-24)27(32)29-23-13-16-25-26(19-23)36-20(3)28(33)31(25)18-17-21-9-7-6-8-10-21/h6-16,19-20H,4-5,17-18H2,1-3H3,(H,29,32). The van der Waals surface area contributed by atoms with Gasteiger partial charge in [0.05, 0.1) is 10.6 Å². The number of hydrogen-bond acceptors (Lipinski definition) is 5. The number of carbonyl (C=O) groups excluding carboxylic acids is 2. The minimum atomic E-state index is -3.60. The van der Waals surface area contributed by atoms with Gasteiger partial charge in [-0.05, 0) is 55.3 Å². The molecule has 1 atom stereocenters. The SMILES string of the molecule is CCN(CC)S(=O)(=O)c1ccc(C(=O)Nc2ccc3c(c2)OC(C)C(=O)N3CCc2ccccc2)cc1. The van der Waals surface area contributed by atoms with Crippen LogP contribution >= 0.6 is 0 Å². The Morgan fingerprint density at radius 1 is 1.00 bits per heavy atom. The Kier molecular flexibility index (Phi) is 7.94. The fourth-order valence-electron chi connectivity index (χ4n) is 4.30. The number of ether oxygens (including phenoxy) is 1. The number of benzene rings is 3. The number of amides is 2. The highest BCUT2D eigenvalue weighted by Gasteiger charge is 2.31. The van der Waals surface area contributed by atoms with Crippen molar-refractivity contribution in [1.29, 1.82) is 0 Å². The first-order chi connectivity index (χ1) is 17.7. The second kappa shape index (κ2) is 11.1. The van der Waals surface area contributed by atoms with Gasteiger partial charge in [-0.25, -0.2) is 8.42 Å². The van der Waals surface area contributed by atoms with E-state index in [-0.39, 0.29) is 16.7 Å². The lowest BCUT2D eigenvalue weighted by molar-refractivity contribution is -0.125. The summed E-state index contributed by atoms with van der Waals surface area (Å²) in [6, 6.07) is 21.0. The number of rotatable bonds is 9. The second-order valence-electron chi connectivity index (χ2n) is 8.74. The summed E-state index contributed by atoms with van der Waals surface area (Å²) in [4.78, 5) is 27.5.